The molecule has 2 aromatic carbocycles. The van der Waals surface area contributed by atoms with E-state index in [4.69, 9.17) is 12.2 Å². The molecule has 2 aromatic heterocycles. The quantitative estimate of drug-likeness (QED) is 0.385. The lowest BCUT2D eigenvalue weighted by atomic mass is 9.98. The Hall–Kier alpha value is -3.70. The highest BCUT2D eigenvalue weighted by Crippen LogP contribution is 2.29. The predicted octanol–water partition coefficient (Wildman–Crippen LogP) is 3.48. The van der Waals surface area contributed by atoms with Gasteiger partial charge in [0.15, 0.2) is 11.6 Å². The van der Waals surface area contributed by atoms with Crippen molar-refractivity contribution in [3.63, 3.8) is 0 Å². The molecule has 0 aliphatic heterocycles. The molecule has 7 nitrogen and oxygen atoms in total. The van der Waals surface area contributed by atoms with Gasteiger partial charge in [-0.2, -0.15) is 5.10 Å². The molecule has 4 aromatic rings. The molecule has 0 aliphatic carbocycles. The van der Waals surface area contributed by atoms with Gasteiger partial charge < -0.3 is 0 Å². The Morgan fingerprint density at radius 1 is 1.10 bits per heavy atom. The SMILES string of the molecule is CCC#Cc1nc(CC=S)nn1Cc1ccc(-c2ccccc2-c2nnn[nH]2)cc1. The number of aromatic amines is 1. The van der Waals surface area contributed by atoms with Crippen molar-refractivity contribution in [1.82, 2.24) is 35.4 Å². The van der Waals surface area contributed by atoms with Crippen LogP contribution in [0.15, 0.2) is 48.5 Å². The minimum Gasteiger partial charge on any atom is -0.239 e. The lowest BCUT2D eigenvalue weighted by Gasteiger charge is -2.09. The van der Waals surface area contributed by atoms with Gasteiger partial charge in [0.1, 0.15) is 0 Å². The van der Waals surface area contributed by atoms with Crippen LogP contribution in [0.1, 0.15) is 30.6 Å². The van der Waals surface area contributed by atoms with E-state index in [1.807, 2.05) is 29.8 Å². The summed E-state index contributed by atoms with van der Waals surface area (Å²) in [4.78, 5) is 4.50. The van der Waals surface area contributed by atoms with E-state index in [0.717, 1.165) is 28.7 Å². The molecule has 0 saturated carbocycles. The molecule has 30 heavy (non-hydrogen) atoms. The summed E-state index contributed by atoms with van der Waals surface area (Å²) in [6.07, 6.45) is 1.32. The molecule has 0 unspecified atom stereocenters. The molecule has 0 spiro atoms. The highest BCUT2D eigenvalue weighted by molar-refractivity contribution is 7.78. The molecule has 0 bridgehead atoms. The average Bonchev–Trinajstić information content (AvgIpc) is 3.44. The summed E-state index contributed by atoms with van der Waals surface area (Å²) in [7, 11) is 0. The Kier molecular flexibility index (Phi) is 6.01. The van der Waals surface area contributed by atoms with Crippen molar-refractivity contribution >= 4 is 17.6 Å². The molecule has 0 radical (unpaired) electrons. The van der Waals surface area contributed by atoms with Crippen molar-refractivity contribution in [3.8, 4) is 34.4 Å². The van der Waals surface area contributed by atoms with Crippen LogP contribution in [-0.2, 0) is 13.0 Å². The van der Waals surface area contributed by atoms with Gasteiger partial charge in [-0.25, -0.2) is 14.8 Å². The fraction of sp³-hybridized carbons (Fsp3) is 0.182. The molecular weight excluding hydrogens is 394 g/mol. The van der Waals surface area contributed by atoms with E-state index in [2.05, 4.69) is 72.9 Å². The maximum absolute atomic E-state index is 4.94. The van der Waals surface area contributed by atoms with Crippen LogP contribution in [-0.4, -0.2) is 40.8 Å². The van der Waals surface area contributed by atoms with Gasteiger partial charge in [0, 0.05) is 18.4 Å². The third-order valence-electron chi connectivity index (χ3n) is 4.48. The second-order valence-corrected chi connectivity index (χ2v) is 6.86. The smallest absolute Gasteiger partial charge is 0.203 e. The van der Waals surface area contributed by atoms with Crippen LogP contribution in [0.25, 0.3) is 22.5 Å². The lowest BCUT2D eigenvalue weighted by Crippen LogP contribution is -2.05. The van der Waals surface area contributed by atoms with Crippen LogP contribution < -0.4 is 0 Å². The predicted molar refractivity (Wildman–Crippen MR) is 119 cm³/mol. The van der Waals surface area contributed by atoms with Crippen LogP contribution in [0.5, 0.6) is 0 Å². The van der Waals surface area contributed by atoms with Gasteiger partial charge in [0.25, 0.3) is 0 Å². The van der Waals surface area contributed by atoms with E-state index < -0.39 is 0 Å². The van der Waals surface area contributed by atoms with Crippen molar-refractivity contribution in [2.45, 2.75) is 26.3 Å². The Morgan fingerprint density at radius 3 is 2.60 bits per heavy atom. The Bertz CT molecular complexity index is 1200. The molecule has 4 rings (SSSR count). The zero-order valence-electron chi connectivity index (χ0n) is 16.4. The summed E-state index contributed by atoms with van der Waals surface area (Å²) in [5, 5.41) is 20.4. The molecule has 0 atom stereocenters. The number of thiocarbonyl (C=S) groups is 1. The zero-order valence-corrected chi connectivity index (χ0v) is 17.2. The largest absolute Gasteiger partial charge is 0.239 e. The first kappa shape index (κ1) is 19.6. The topological polar surface area (TPSA) is 85.2 Å². The van der Waals surface area contributed by atoms with Crippen molar-refractivity contribution in [1.29, 1.82) is 0 Å². The summed E-state index contributed by atoms with van der Waals surface area (Å²) >= 11 is 4.94. The molecule has 0 amide bonds. The molecule has 0 fully saturated rings. The van der Waals surface area contributed by atoms with Gasteiger partial charge >= 0.3 is 0 Å². The van der Waals surface area contributed by atoms with E-state index in [1.54, 1.807) is 5.37 Å². The third kappa shape index (κ3) is 4.31. The van der Waals surface area contributed by atoms with Crippen LogP contribution in [0, 0.1) is 11.8 Å². The number of nitrogens with zero attached hydrogens (tertiary/aromatic N) is 6. The highest BCUT2D eigenvalue weighted by Gasteiger charge is 2.11. The van der Waals surface area contributed by atoms with Gasteiger partial charge in [-0.1, -0.05) is 73.6 Å². The molecule has 8 heteroatoms. The summed E-state index contributed by atoms with van der Waals surface area (Å²) in [5.41, 5.74) is 4.20. The van der Waals surface area contributed by atoms with Crippen molar-refractivity contribution < 1.29 is 0 Å². The lowest BCUT2D eigenvalue weighted by molar-refractivity contribution is 0.669. The number of aromatic nitrogens is 7. The Labute approximate surface area is 179 Å². The molecule has 2 heterocycles. The van der Waals surface area contributed by atoms with Crippen LogP contribution in [0.2, 0.25) is 0 Å². The molecular formula is C22H19N7S. The number of hydrogen-bond donors (Lipinski definition) is 1. The van der Waals surface area contributed by atoms with Crippen LogP contribution >= 0.6 is 12.2 Å². The van der Waals surface area contributed by atoms with E-state index in [9.17, 15) is 0 Å². The number of benzene rings is 2. The van der Waals surface area contributed by atoms with Gasteiger partial charge in [0.05, 0.1) is 6.54 Å². The van der Waals surface area contributed by atoms with Crippen LogP contribution in [0.3, 0.4) is 0 Å². The zero-order chi connectivity index (χ0) is 20.8. The van der Waals surface area contributed by atoms with Gasteiger partial charge in [-0.05, 0) is 38.4 Å². The minimum atomic E-state index is 0.551. The molecule has 1 N–H and O–H groups in total. The van der Waals surface area contributed by atoms with Crippen molar-refractivity contribution in [2.24, 2.45) is 0 Å². The summed E-state index contributed by atoms with van der Waals surface area (Å²) in [6, 6.07) is 16.4. The highest BCUT2D eigenvalue weighted by atomic mass is 32.1. The fourth-order valence-corrected chi connectivity index (χ4v) is 3.25. The normalized spacial score (nSPS) is 10.4. The molecule has 0 saturated heterocycles. The van der Waals surface area contributed by atoms with E-state index in [0.29, 0.717) is 30.4 Å². The third-order valence-corrected chi connectivity index (χ3v) is 4.65. The number of nitrogens with one attached hydrogen (secondary N) is 1. The van der Waals surface area contributed by atoms with E-state index >= 15 is 0 Å². The Morgan fingerprint density at radius 2 is 1.90 bits per heavy atom. The van der Waals surface area contributed by atoms with Crippen molar-refractivity contribution in [2.75, 3.05) is 0 Å². The fourth-order valence-electron chi connectivity index (χ4n) is 3.10. The monoisotopic (exact) mass is 413 g/mol. The minimum absolute atomic E-state index is 0.551. The number of H-pyrrole nitrogens is 1. The number of hydrogen-bond acceptors (Lipinski definition) is 6. The van der Waals surface area contributed by atoms with E-state index in [-0.39, 0.29) is 0 Å². The maximum atomic E-state index is 4.94. The average molecular weight is 414 g/mol. The van der Waals surface area contributed by atoms with Gasteiger partial charge in [-0.15, -0.1) is 5.10 Å². The first-order valence-corrected chi connectivity index (χ1v) is 10.0. The summed E-state index contributed by atoms with van der Waals surface area (Å²) < 4.78 is 1.83. The second kappa shape index (κ2) is 9.20. The van der Waals surface area contributed by atoms with Gasteiger partial charge in [-0.3, -0.25) is 0 Å². The van der Waals surface area contributed by atoms with E-state index in [1.165, 1.54) is 0 Å². The Balaban J connectivity index is 1.61. The first-order chi connectivity index (χ1) is 14.8. The maximum Gasteiger partial charge on any atom is 0.203 e. The number of rotatable bonds is 6. The second-order valence-electron chi connectivity index (χ2n) is 6.53. The molecule has 148 valence electrons. The first-order valence-electron chi connectivity index (χ1n) is 9.57. The molecule has 0 aliphatic rings. The standard InChI is InChI=1S/C22H19N7S/c1-2-3-8-21-23-20(13-14-30)26-29(21)15-16-9-11-17(12-10-16)18-6-4-5-7-19(18)22-24-27-28-25-22/h4-7,9-12,14H,2,13,15H2,1H3,(H,24,25,27,28). The van der Waals surface area contributed by atoms with Crippen LogP contribution in [0.4, 0.5) is 0 Å². The van der Waals surface area contributed by atoms with Crippen molar-refractivity contribution in [3.05, 3.63) is 65.7 Å². The van der Waals surface area contributed by atoms with Gasteiger partial charge in [0.2, 0.25) is 5.82 Å². The summed E-state index contributed by atoms with van der Waals surface area (Å²) in [6.45, 7) is 2.60. The summed E-state index contributed by atoms with van der Waals surface area (Å²) in [5.74, 6) is 8.15. The number of tetrazole rings is 1.